The van der Waals surface area contributed by atoms with Crippen LogP contribution in [0.4, 0.5) is 14.6 Å². The van der Waals surface area contributed by atoms with Gasteiger partial charge >= 0.3 is 6.01 Å². The van der Waals surface area contributed by atoms with Gasteiger partial charge in [0, 0.05) is 63.0 Å². The number of carbonyl (C=O) groups is 1. The Hall–Kier alpha value is -4.20. The molecule has 3 atom stereocenters. The molecule has 47 heavy (non-hydrogen) atoms. The van der Waals surface area contributed by atoms with Gasteiger partial charge in [0.15, 0.2) is 5.82 Å². The number of piperazine rings is 1. The summed E-state index contributed by atoms with van der Waals surface area (Å²) < 4.78 is 44.5. The normalized spacial score (nSPS) is 25.6. The van der Waals surface area contributed by atoms with Crippen LogP contribution < -0.4 is 15.0 Å². The van der Waals surface area contributed by atoms with Gasteiger partial charge in [0.05, 0.1) is 30.1 Å². The SMILES string of the molecule is CN1CC2CN(CCN2)c2nc(nc3c(F)c(-c4cc(O)cc5cccc(F)c45)ncc23)OCC23CCCN2CC(C3)OCCC1=O. The number of nitrogens with one attached hydrogen (secondary N) is 1. The molecule has 0 saturated carbocycles. The zero-order valence-electron chi connectivity index (χ0n) is 26.2. The van der Waals surface area contributed by atoms with Crippen LogP contribution in [0, 0.1) is 11.6 Å². The van der Waals surface area contributed by atoms with Gasteiger partial charge in [0.1, 0.15) is 35.2 Å². The van der Waals surface area contributed by atoms with Crippen LogP contribution in [0.1, 0.15) is 25.7 Å². The largest absolute Gasteiger partial charge is 0.508 e. The highest BCUT2D eigenvalue weighted by Gasteiger charge is 2.49. The maximum Gasteiger partial charge on any atom is 0.319 e. The molecule has 3 fully saturated rings. The minimum absolute atomic E-state index is 0.00321. The van der Waals surface area contributed by atoms with Gasteiger partial charge in [-0.25, -0.2) is 8.78 Å². The van der Waals surface area contributed by atoms with Crippen molar-refractivity contribution in [3.05, 3.63) is 48.2 Å². The van der Waals surface area contributed by atoms with Crippen LogP contribution in [0.5, 0.6) is 11.8 Å². The predicted molar refractivity (Wildman–Crippen MR) is 172 cm³/mol. The fourth-order valence-corrected chi connectivity index (χ4v) is 7.92. The molecule has 6 heterocycles. The number of ether oxygens (including phenoxy) is 2. The second-order valence-electron chi connectivity index (χ2n) is 13.2. The molecule has 8 rings (SSSR count). The molecule has 246 valence electrons. The smallest absolute Gasteiger partial charge is 0.319 e. The van der Waals surface area contributed by atoms with Crippen LogP contribution >= 0.6 is 0 Å². The summed E-state index contributed by atoms with van der Waals surface area (Å²) in [5.41, 5.74) is -0.278. The lowest BCUT2D eigenvalue weighted by Gasteiger charge is -2.36. The number of benzene rings is 2. The maximum atomic E-state index is 16.8. The summed E-state index contributed by atoms with van der Waals surface area (Å²) in [5.74, 6) is -0.943. The fourth-order valence-electron chi connectivity index (χ4n) is 7.92. The van der Waals surface area contributed by atoms with E-state index in [2.05, 4.69) is 20.2 Å². The summed E-state index contributed by atoms with van der Waals surface area (Å²) in [6.07, 6.45) is 4.52. The average molecular weight is 646 g/mol. The predicted octanol–water partition coefficient (Wildman–Crippen LogP) is 3.47. The van der Waals surface area contributed by atoms with Crippen molar-refractivity contribution in [1.29, 1.82) is 0 Å². The first-order chi connectivity index (χ1) is 22.8. The standard InChI is InChI=1S/C34H37F2N7O4/c1-41-16-21-17-42(10-8-37-21)32-25-15-38-30(24-13-22(44)12-20-4-2-5-26(35)28(20)24)29(36)31(25)39-33(40-32)47-19-34-7-3-9-43(34)18-23(14-34)46-11-6-27(41)45/h2,4-5,12-13,15,21,23,37,44H,3,6-11,14,16-19H2,1H3. The second kappa shape index (κ2) is 11.8. The molecule has 6 bridgehead atoms. The van der Waals surface area contributed by atoms with E-state index in [4.69, 9.17) is 14.5 Å². The average Bonchev–Trinajstić information content (AvgIpc) is 3.60. The lowest BCUT2D eigenvalue weighted by atomic mass is 9.94. The number of phenols is 1. The molecule has 2 aromatic carbocycles. The van der Waals surface area contributed by atoms with Gasteiger partial charge in [0.25, 0.3) is 0 Å². The molecule has 13 heteroatoms. The number of hydrogen-bond donors (Lipinski definition) is 2. The number of halogens is 2. The van der Waals surface area contributed by atoms with Gasteiger partial charge in [-0.3, -0.25) is 14.7 Å². The first-order valence-corrected chi connectivity index (χ1v) is 16.3. The number of anilines is 1. The van der Waals surface area contributed by atoms with Crippen LogP contribution in [0.2, 0.25) is 0 Å². The van der Waals surface area contributed by atoms with Gasteiger partial charge in [0.2, 0.25) is 5.91 Å². The number of amides is 1. The Bertz CT molecular complexity index is 1880. The molecule has 2 N–H and O–H groups in total. The minimum Gasteiger partial charge on any atom is -0.508 e. The molecule has 1 amide bonds. The van der Waals surface area contributed by atoms with E-state index in [1.54, 1.807) is 18.0 Å². The van der Waals surface area contributed by atoms with Crippen LogP contribution in [0.3, 0.4) is 0 Å². The van der Waals surface area contributed by atoms with Crippen molar-refractivity contribution in [3.8, 4) is 23.0 Å². The quantitative estimate of drug-likeness (QED) is 0.319. The molecular formula is C34H37F2N7O4. The molecule has 0 radical (unpaired) electrons. The van der Waals surface area contributed by atoms with E-state index in [1.165, 1.54) is 30.5 Å². The number of rotatable bonds is 1. The van der Waals surface area contributed by atoms with Crippen molar-refractivity contribution in [2.75, 3.05) is 64.4 Å². The molecule has 4 aromatic rings. The number of aromatic nitrogens is 3. The minimum atomic E-state index is -0.760. The number of nitrogens with zero attached hydrogens (tertiary/aromatic N) is 6. The molecule has 3 saturated heterocycles. The monoisotopic (exact) mass is 645 g/mol. The van der Waals surface area contributed by atoms with Crippen LogP contribution in [0.25, 0.3) is 32.9 Å². The Balaban J connectivity index is 1.25. The molecule has 4 aliphatic heterocycles. The number of fused-ring (bicyclic) bond motifs is 9. The van der Waals surface area contributed by atoms with Crippen molar-refractivity contribution in [1.82, 2.24) is 30.1 Å². The number of hydrogen-bond acceptors (Lipinski definition) is 10. The van der Waals surface area contributed by atoms with E-state index in [0.717, 1.165) is 32.4 Å². The van der Waals surface area contributed by atoms with Crippen molar-refractivity contribution in [3.63, 3.8) is 0 Å². The summed E-state index contributed by atoms with van der Waals surface area (Å²) >= 11 is 0. The zero-order valence-corrected chi connectivity index (χ0v) is 26.2. The summed E-state index contributed by atoms with van der Waals surface area (Å²) in [5, 5.41) is 14.9. The molecule has 11 nitrogen and oxygen atoms in total. The Morgan fingerprint density at radius 3 is 2.91 bits per heavy atom. The third-order valence-electron chi connectivity index (χ3n) is 10.2. The summed E-state index contributed by atoms with van der Waals surface area (Å²) in [7, 11) is 1.80. The van der Waals surface area contributed by atoms with Crippen molar-refractivity contribution >= 4 is 33.4 Å². The second-order valence-corrected chi connectivity index (χ2v) is 13.2. The molecule has 3 unspecified atom stereocenters. The van der Waals surface area contributed by atoms with E-state index in [1.807, 2.05) is 4.90 Å². The van der Waals surface area contributed by atoms with E-state index in [-0.39, 0.29) is 57.5 Å². The number of aromatic hydroxyl groups is 1. The molecular weight excluding hydrogens is 608 g/mol. The molecule has 0 aliphatic carbocycles. The first kappa shape index (κ1) is 30.2. The third-order valence-corrected chi connectivity index (χ3v) is 10.2. The number of pyridine rings is 1. The number of likely N-dealkylation sites (N-methyl/N-ethyl adjacent to an activating group) is 1. The highest BCUT2D eigenvalue weighted by atomic mass is 19.1. The lowest BCUT2D eigenvalue weighted by Crippen LogP contribution is -2.55. The lowest BCUT2D eigenvalue weighted by molar-refractivity contribution is -0.131. The van der Waals surface area contributed by atoms with Gasteiger partial charge in [-0.15, -0.1) is 0 Å². The van der Waals surface area contributed by atoms with Gasteiger partial charge < -0.3 is 29.7 Å². The number of phenolic OH excluding ortho intramolecular Hbond substituents is 1. The molecule has 4 aliphatic rings. The first-order valence-electron chi connectivity index (χ1n) is 16.3. The maximum absolute atomic E-state index is 16.8. The van der Waals surface area contributed by atoms with Crippen LogP contribution in [-0.4, -0.2) is 113 Å². The Labute approximate surface area is 270 Å². The highest BCUT2D eigenvalue weighted by molar-refractivity contribution is 6.00. The Morgan fingerprint density at radius 2 is 2.02 bits per heavy atom. The van der Waals surface area contributed by atoms with Crippen LogP contribution in [0.15, 0.2) is 36.5 Å². The van der Waals surface area contributed by atoms with Gasteiger partial charge in [-0.05, 0) is 49.4 Å². The summed E-state index contributed by atoms with van der Waals surface area (Å²) in [6.45, 7) is 4.56. The Morgan fingerprint density at radius 1 is 1.13 bits per heavy atom. The van der Waals surface area contributed by atoms with Gasteiger partial charge in [-0.1, -0.05) is 12.1 Å². The molecule has 1 spiro atoms. The summed E-state index contributed by atoms with van der Waals surface area (Å²) in [4.78, 5) is 33.1. The molecule has 2 aromatic heterocycles. The number of carbonyl (C=O) groups excluding carboxylic acids is 1. The van der Waals surface area contributed by atoms with E-state index in [0.29, 0.717) is 62.4 Å². The van der Waals surface area contributed by atoms with Crippen LogP contribution in [-0.2, 0) is 9.53 Å². The van der Waals surface area contributed by atoms with Crippen molar-refractivity contribution in [2.45, 2.75) is 43.4 Å². The van der Waals surface area contributed by atoms with Crippen molar-refractivity contribution in [2.24, 2.45) is 0 Å². The van der Waals surface area contributed by atoms with E-state index >= 15 is 8.78 Å². The Kier molecular flexibility index (Phi) is 7.57. The van der Waals surface area contributed by atoms with E-state index < -0.39 is 11.6 Å². The zero-order chi connectivity index (χ0) is 32.3. The van der Waals surface area contributed by atoms with E-state index in [9.17, 15) is 9.90 Å². The summed E-state index contributed by atoms with van der Waals surface area (Å²) in [6, 6.07) is 7.23. The van der Waals surface area contributed by atoms with Crippen molar-refractivity contribution < 1.29 is 28.2 Å². The topological polar surface area (TPSA) is 116 Å². The third kappa shape index (κ3) is 5.39. The fraction of sp³-hybridized carbons (Fsp3) is 0.471. The highest BCUT2D eigenvalue weighted by Crippen LogP contribution is 2.41. The van der Waals surface area contributed by atoms with Gasteiger partial charge in [-0.2, -0.15) is 9.97 Å².